The van der Waals surface area contributed by atoms with Crippen molar-refractivity contribution >= 4 is 11.6 Å². The Morgan fingerprint density at radius 1 is 0.786 bits per heavy atom. The summed E-state index contributed by atoms with van der Waals surface area (Å²) in [6.07, 6.45) is 8.36. The van der Waals surface area contributed by atoms with Crippen molar-refractivity contribution in [1.82, 2.24) is 0 Å². The summed E-state index contributed by atoms with van der Waals surface area (Å²) in [4.78, 5) is 0. The molecular formula is C13H23Cl. The van der Waals surface area contributed by atoms with E-state index in [-0.39, 0.29) is 0 Å². The van der Waals surface area contributed by atoms with Crippen molar-refractivity contribution in [2.75, 3.05) is 0 Å². The molecule has 1 heteroatoms. The standard InChI is InChI=1S/C13H23Cl/c1-9-5-10(2)7-12(6-9)11-3-4-13(14)8-11/h9-13H,3-8H2,1-2H3. The van der Waals surface area contributed by atoms with E-state index in [0.717, 1.165) is 23.7 Å². The highest BCUT2D eigenvalue weighted by Crippen LogP contribution is 2.44. The third-order valence-electron chi connectivity index (χ3n) is 4.29. The normalized spacial score (nSPS) is 49.5. The molecule has 0 aromatic rings. The Hall–Kier alpha value is 0.290. The van der Waals surface area contributed by atoms with Crippen molar-refractivity contribution in [3.8, 4) is 0 Å². The summed E-state index contributed by atoms with van der Waals surface area (Å²) in [5.74, 6) is 3.87. The molecule has 2 aliphatic carbocycles. The minimum Gasteiger partial charge on any atom is -0.123 e. The lowest BCUT2D eigenvalue weighted by Gasteiger charge is -2.35. The van der Waals surface area contributed by atoms with Crippen LogP contribution >= 0.6 is 11.6 Å². The molecule has 0 aromatic heterocycles. The molecule has 2 fully saturated rings. The molecule has 4 atom stereocenters. The van der Waals surface area contributed by atoms with Crippen LogP contribution < -0.4 is 0 Å². The predicted octanol–water partition coefficient (Wildman–Crippen LogP) is 4.47. The molecule has 0 spiro atoms. The Balaban J connectivity index is 1.90. The molecule has 4 unspecified atom stereocenters. The minimum absolute atomic E-state index is 0.493. The van der Waals surface area contributed by atoms with Crippen LogP contribution in [0.25, 0.3) is 0 Å². The average Bonchev–Trinajstić information content (AvgIpc) is 2.50. The second-order valence-electron chi connectivity index (χ2n) is 5.85. The zero-order chi connectivity index (χ0) is 10.1. The van der Waals surface area contributed by atoms with Crippen LogP contribution in [-0.2, 0) is 0 Å². The van der Waals surface area contributed by atoms with Crippen molar-refractivity contribution in [3.05, 3.63) is 0 Å². The summed E-state index contributed by atoms with van der Waals surface area (Å²) in [6.45, 7) is 4.85. The van der Waals surface area contributed by atoms with Crippen molar-refractivity contribution < 1.29 is 0 Å². The highest BCUT2D eigenvalue weighted by atomic mass is 35.5. The molecule has 0 radical (unpaired) electrons. The molecule has 2 rings (SSSR count). The van der Waals surface area contributed by atoms with E-state index >= 15 is 0 Å². The summed E-state index contributed by atoms with van der Waals surface area (Å²) < 4.78 is 0. The minimum atomic E-state index is 0.493. The largest absolute Gasteiger partial charge is 0.123 e. The Morgan fingerprint density at radius 3 is 1.93 bits per heavy atom. The van der Waals surface area contributed by atoms with E-state index in [4.69, 9.17) is 11.6 Å². The van der Waals surface area contributed by atoms with Gasteiger partial charge in [0.15, 0.2) is 0 Å². The first-order valence-corrected chi connectivity index (χ1v) is 6.73. The quantitative estimate of drug-likeness (QED) is 0.566. The van der Waals surface area contributed by atoms with Crippen LogP contribution in [0.3, 0.4) is 0 Å². The highest BCUT2D eigenvalue weighted by Gasteiger charge is 2.34. The Kier molecular flexibility index (Phi) is 3.42. The van der Waals surface area contributed by atoms with Crippen LogP contribution in [0.1, 0.15) is 52.4 Å². The number of halogens is 1. The lowest BCUT2D eigenvalue weighted by Crippen LogP contribution is -2.24. The van der Waals surface area contributed by atoms with Crippen LogP contribution in [0, 0.1) is 23.7 Å². The maximum atomic E-state index is 6.20. The van der Waals surface area contributed by atoms with Gasteiger partial charge < -0.3 is 0 Å². The maximum absolute atomic E-state index is 6.20. The molecule has 82 valence electrons. The average molecular weight is 215 g/mol. The van der Waals surface area contributed by atoms with Crippen LogP contribution in [0.5, 0.6) is 0 Å². The fourth-order valence-corrected chi connectivity index (χ4v) is 4.14. The fraction of sp³-hybridized carbons (Fsp3) is 1.00. The molecule has 0 aliphatic heterocycles. The summed E-state index contributed by atoms with van der Waals surface area (Å²) in [5, 5.41) is 0.493. The van der Waals surface area contributed by atoms with Crippen LogP contribution in [-0.4, -0.2) is 5.38 Å². The van der Waals surface area contributed by atoms with Gasteiger partial charge in [0.05, 0.1) is 0 Å². The zero-order valence-electron chi connectivity index (χ0n) is 9.51. The van der Waals surface area contributed by atoms with Gasteiger partial charge >= 0.3 is 0 Å². The monoisotopic (exact) mass is 214 g/mol. The van der Waals surface area contributed by atoms with Crippen molar-refractivity contribution in [1.29, 1.82) is 0 Å². The van der Waals surface area contributed by atoms with Gasteiger partial charge in [-0.05, 0) is 62.2 Å². The van der Waals surface area contributed by atoms with Gasteiger partial charge in [0.2, 0.25) is 0 Å². The van der Waals surface area contributed by atoms with Gasteiger partial charge in [0, 0.05) is 5.38 Å². The number of alkyl halides is 1. The van der Waals surface area contributed by atoms with Gasteiger partial charge in [-0.2, -0.15) is 0 Å². The van der Waals surface area contributed by atoms with Crippen molar-refractivity contribution in [2.24, 2.45) is 23.7 Å². The van der Waals surface area contributed by atoms with E-state index in [1.165, 1.54) is 38.5 Å². The first kappa shape index (κ1) is 10.8. The van der Waals surface area contributed by atoms with Gasteiger partial charge in [-0.15, -0.1) is 11.6 Å². The van der Waals surface area contributed by atoms with E-state index in [1.807, 2.05) is 0 Å². The fourth-order valence-electron chi connectivity index (χ4n) is 3.78. The second-order valence-corrected chi connectivity index (χ2v) is 6.47. The highest BCUT2D eigenvalue weighted by molar-refractivity contribution is 6.20. The van der Waals surface area contributed by atoms with E-state index in [2.05, 4.69) is 13.8 Å². The SMILES string of the molecule is CC1CC(C)CC(C2CCC(Cl)C2)C1. The molecule has 2 aliphatic rings. The Labute approximate surface area is 93.4 Å². The lowest BCUT2D eigenvalue weighted by molar-refractivity contribution is 0.162. The molecule has 14 heavy (non-hydrogen) atoms. The second kappa shape index (κ2) is 4.43. The molecular weight excluding hydrogens is 192 g/mol. The third kappa shape index (κ3) is 2.45. The summed E-state index contributed by atoms with van der Waals surface area (Å²) in [7, 11) is 0. The van der Waals surface area contributed by atoms with E-state index in [1.54, 1.807) is 0 Å². The topological polar surface area (TPSA) is 0 Å². The summed E-state index contributed by atoms with van der Waals surface area (Å²) in [6, 6.07) is 0. The number of rotatable bonds is 1. The first-order chi connectivity index (χ1) is 6.65. The van der Waals surface area contributed by atoms with Gasteiger partial charge in [-0.25, -0.2) is 0 Å². The lowest BCUT2D eigenvalue weighted by atomic mass is 9.71. The Morgan fingerprint density at radius 2 is 1.43 bits per heavy atom. The molecule has 0 heterocycles. The third-order valence-corrected chi connectivity index (χ3v) is 4.69. The van der Waals surface area contributed by atoms with E-state index < -0.39 is 0 Å². The first-order valence-electron chi connectivity index (χ1n) is 6.29. The number of hydrogen-bond donors (Lipinski definition) is 0. The summed E-state index contributed by atoms with van der Waals surface area (Å²) >= 11 is 6.20. The van der Waals surface area contributed by atoms with Crippen molar-refractivity contribution in [2.45, 2.75) is 57.7 Å². The zero-order valence-corrected chi connectivity index (χ0v) is 10.3. The van der Waals surface area contributed by atoms with Crippen LogP contribution in [0.4, 0.5) is 0 Å². The maximum Gasteiger partial charge on any atom is 0.0338 e. The summed E-state index contributed by atoms with van der Waals surface area (Å²) in [5.41, 5.74) is 0. The van der Waals surface area contributed by atoms with E-state index in [9.17, 15) is 0 Å². The molecule has 0 aromatic carbocycles. The van der Waals surface area contributed by atoms with Crippen molar-refractivity contribution in [3.63, 3.8) is 0 Å². The molecule has 0 saturated heterocycles. The number of hydrogen-bond acceptors (Lipinski definition) is 0. The molecule has 0 amide bonds. The smallest absolute Gasteiger partial charge is 0.0338 e. The Bertz CT molecular complexity index is 180. The molecule has 2 saturated carbocycles. The van der Waals surface area contributed by atoms with E-state index in [0.29, 0.717) is 5.38 Å². The molecule has 0 nitrogen and oxygen atoms in total. The van der Waals surface area contributed by atoms with Gasteiger partial charge in [-0.1, -0.05) is 13.8 Å². The molecule has 0 bridgehead atoms. The molecule has 0 N–H and O–H groups in total. The van der Waals surface area contributed by atoms with Crippen LogP contribution in [0.15, 0.2) is 0 Å². The van der Waals surface area contributed by atoms with Gasteiger partial charge in [0.1, 0.15) is 0 Å². The van der Waals surface area contributed by atoms with Crippen LogP contribution in [0.2, 0.25) is 0 Å². The predicted molar refractivity (Wildman–Crippen MR) is 62.7 cm³/mol. The van der Waals surface area contributed by atoms with Gasteiger partial charge in [-0.3, -0.25) is 0 Å². The van der Waals surface area contributed by atoms with Gasteiger partial charge in [0.25, 0.3) is 0 Å².